The molecule has 0 radical (unpaired) electrons. The van der Waals surface area contributed by atoms with Gasteiger partial charge in [-0.2, -0.15) is 0 Å². The van der Waals surface area contributed by atoms with Crippen LogP contribution in [0.2, 0.25) is 0 Å². The predicted molar refractivity (Wildman–Crippen MR) is 63.3 cm³/mol. The Morgan fingerprint density at radius 2 is 2.44 bits per heavy atom. The molecule has 4 heteroatoms. The van der Waals surface area contributed by atoms with Crippen LogP contribution in [0.25, 0.3) is 10.7 Å². The van der Waals surface area contributed by atoms with Crippen molar-refractivity contribution >= 4 is 17.1 Å². The van der Waals surface area contributed by atoms with Crippen LogP contribution in [0.4, 0.5) is 0 Å². The number of rotatable bonds is 4. The first kappa shape index (κ1) is 9.78. The molecule has 16 heavy (non-hydrogen) atoms. The molecular formula is C12H12N2OS. The van der Waals surface area contributed by atoms with E-state index in [9.17, 15) is 4.79 Å². The van der Waals surface area contributed by atoms with E-state index in [0.29, 0.717) is 18.2 Å². The van der Waals surface area contributed by atoms with E-state index < -0.39 is 0 Å². The Bertz CT molecular complexity index is 497. The van der Waals surface area contributed by atoms with Crippen molar-refractivity contribution in [3.8, 4) is 10.7 Å². The lowest BCUT2D eigenvalue weighted by atomic mass is 10.2. The number of thiophene rings is 1. The van der Waals surface area contributed by atoms with Crippen molar-refractivity contribution in [1.29, 1.82) is 0 Å². The van der Waals surface area contributed by atoms with Crippen LogP contribution in [0.1, 0.15) is 12.8 Å². The number of aromatic nitrogens is 2. The van der Waals surface area contributed by atoms with Crippen molar-refractivity contribution in [3.63, 3.8) is 0 Å². The number of hydrogen-bond donors (Lipinski definition) is 0. The minimum atomic E-state index is 0.318. The van der Waals surface area contributed by atoms with Crippen molar-refractivity contribution in [3.05, 3.63) is 29.9 Å². The van der Waals surface area contributed by atoms with Gasteiger partial charge < -0.3 is 4.57 Å². The summed E-state index contributed by atoms with van der Waals surface area (Å²) in [4.78, 5) is 17.2. The number of nitrogens with zero attached hydrogens (tertiary/aromatic N) is 2. The fourth-order valence-corrected chi connectivity index (χ4v) is 2.51. The number of Topliss-reactive ketones (excluding diaryl/α,β-unsaturated/α-hetero) is 1. The zero-order valence-corrected chi connectivity index (χ0v) is 9.61. The third-order valence-corrected chi connectivity index (χ3v) is 3.68. The van der Waals surface area contributed by atoms with Gasteiger partial charge in [0.1, 0.15) is 5.82 Å². The molecule has 2 heterocycles. The second kappa shape index (κ2) is 3.87. The van der Waals surface area contributed by atoms with Gasteiger partial charge in [-0.25, -0.2) is 4.98 Å². The van der Waals surface area contributed by atoms with Crippen molar-refractivity contribution < 1.29 is 4.79 Å². The first-order valence-electron chi connectivity index (χ1n) is 5.42. The smallest absolute Gasteiger partial charge is 0.155 e. The lowest BCUT2D eigenvalue weighted by Gasteiger charge is -2.04. The van der Waals surface area contributed by atoms with Crippen LogP contribution in [0, 0.1) is 5.92 Å². The zero-order chi connectivity index (χ0) is 11.0. The van der Waals surface area contributed by atoms with Gasteiger partial charge in [0.15, 0.2) is 5.78 Å². The van der Waals surface area contributed by atoms with Crippen LogP contribution in [-0.4, -0.2) is 15.3 Å². The number of carbonyl (C=O) groups excluding carboxylic acids is 1. The summed E-state index contributed by atoms with van der Waals surface area (Å²) in [5, 5.41) is 2.02. The predicted octanol–water partition coefficient (Wildman–Crippen LogP) is 2.59. The minimum absolute atomic E-state index is 0.318. The van der Waals surface area contributed by atoms with Crippen molar-refractivity contribution in [2.45, 2.75) is 19.4 Å². The van der Waals surface area contributed by atoms with E-state index >= 15 is 0 Å². The van der Waals surface area contributed by atoms with Gasteiger partial charge in [0, 0.05) is 18.3 Å². The summed E-state index contributed by atoms with van der Waals surface area (Å²) in [6.07, 6.45) is 5.79. The van der Waals surface area contributed by atoms with Crippen LogP contribution in [0.5, 0.6) is 0 Å². The second-order valence-corrected chi connectivity index (χ2v) is 5.04. The lowest BCUT2D eigenvalue weighted by molar-refractivity contribution is -0.120. The van der Waals surface area contributed by atoms with Crippen LogP contribution >= 0.6 is 11.3 Å². The Morgan fingerprint density at radius 3 is 3.12 bits per heavy atom. The Kier molecular flexibility index (Phi) is 2.36. The number of imidazole rings is 1. The summed E-state index contributed by atoms with van der Waals surface area (Å²) in [5.41, 5.74) is 0. The summed E-state index contributed by atoms with van der Waals surface area (Å²) < 4.78 is 1.95. The molecule has 3 rings (SSSR count). The third-order valence-electron chi connectivity index (χ3n) is 2.82. The van der Waals surface area contributed by atoms with Crippen molar-refractivity contribution in [2.24, 2.45) is 5.92 Å². The van der Waals surface area contributed by atoms with Crippen molar-refractivity contribution in [2.75, 3.05) is 0 Å². The zero-order valence-electron chi connectivity index (χ0n) is 8.80. The number of ketones is 1. The van der Waals surface area contributed by atoms with Gasteiger partial charge in [0.05, 0.1) is 11.4 Å². The second-order valence-electron chi connectivity index (χ2n) is 4.10. The molecule has 1 aliphatic rings. The highest BCUT2D eigenvalue weighted by Gasteiger charge is 2.29. The summed E-state index contributed by atoms with van der Waals surface area (Å²) in [6, 6.07) is 4.03. The topological polar surface area (TPSA) is 34.9 Å². The molecule has 2 aromatic rings. The van der Waals surface area contributed by atoms with Crippen LogP contribution < -0.4 is 0 Å². The molecule has 0 amide bonds. The van der Waals surface area contributed by atoms with Gasteiger partial charge in [-0.15, -0.1) is 11.3 Å². The molecule has 82 valence electrons. The molecule has 0 unspecified atom stereocenters. The van der Waals surface area contributed by atoms with E-state index in [1.807, 2.05) is 28.3 Å². The molecule has 0 atom stereocenters. The van der Waals surface area contributed by atoms with Gasteiger partial charge in [0.2, 0.25) is 0 Å². The Labute approximate surface area is 97.7 Å². The van der Waals surface area contributed by atoms with Crippen LogP contribution in [0.15, 0.2) is 29.9 Å². The number of hydrogen-bond acceptors (Lipinski definition) is 3. The standard InChI is InChI=1S/C12H12N2OS/c15-10(9-3-4-9)8-14-6-5-13-12(14)11-2-1-7-16-11/h1-2,5-7,9H,3-4,8H2. The van der Waals surface area contributed by atoms with E-state index in [-0.39, 0.29) is 0 Å². The maximum atomic E-state index is 11.7. The van der Waals surface area contributed by atoms with Gasteiger partial charge >= 0.3 is 0 Å². The van der Waals surface area contributed by atoms with Gasteiger partial charge in [0.25, 0.3) is 0 Å². The molecule has 0 aliphatic heterocycles. The maximum Gasteiger partial charge on any atom is 0.155 e. The van der Waals surface area contributed by atoms with Crippen LogP contribution in [0.3, 0.4) is 0 Å². The number of carbonyl (C=O) groups is 1. The molecule has 0 saturated heterocycles. The van der Waals surface area contributed by atoms with Gasteiger partial charge in [-0.3, -0.25) is 4.79 Å². The molecule has 0 aromatic carbocycles. The molecule has 0 bridgehead atoms. The highest BCUT2D eigenvalue weighted by Crippen LogP contribution is 2.31. The largest absolute Gasteiger partial charge is 0.323 e. The minimum Gasteiger partial charge on any atom is -0.323 e. The monoisotopic (exact) mass is 232 g/mol. The molecule has 3 nitrogen and oxygen atoms in total. The SMILES string of the molecule is O=C(Cn1ccnc1-c1cccs1)C1CC1. The van der Waals surface area contributed by atoms with Crippen molar-refractivity contribution in [1.82, 2.24) is 9.55 Å². The van der Waals surface area contributed by atoms with E-state index in [1.54, 1.807) is 17.5 Å². The lowest BCUT2D eigenvalue weighted by Crippen LogP contribution is -2.11. The fraction of sp³-hybridized carbons (Fsp3) is 0.333. The summed E-state index contributed by atoms with van der Waals surface area (Å²) in [5.74, 6) is 1.57. The average molecular weight is 232 g/mol. The van der Waals surface area contributed by atoms with E-state index in [2.05, 4.69) is 4.98 Å². The molecule has 0 spiro atoms. The molecular weight excluding hydrogens is 220 g/mol. The normalized spacial score (nSPS) is 15.2. The maximum absolute atomic E-state index is 11.7. The Morgan fingerprint density at radius 1 is 1.56 bits per heavy atom. The Hall–Kier alpha value is -1.42. The van der Waals surface area contributed by atoms with E-state index in [1.165, 1.54) is 0 Å². The highest BCUT2D eigenvalue weighted by atomic mass is 32.1. The first-order chi connectivity index (χ1) is 7.84. The first-order valence-corrected chi connectivity index (χ1v) is 6.30. The summed E-state index contributed by atoms with van der Waals surface area (Å²) in [6.45, 7) is 0.470. The molecule has 2 aromatic heterocycles. The third kappa shape index (κ3) is 1.80. The average Bonchev–Trinajstić information content (AvgIpc) is 2.81. The summed E-state index contributed by atoms with van der Waals surface area (Å²) >= 11 is 1.65. The summed E-state index contributed by atoms with van der Waals surface area (Å²) in [7, 11) is 0. The molecule has 1 fully saturated rings. The highest BCUT2D eigenvalue weighted by molar-refractivity contribution is 7.13. The molecule has 1 aliphatic carbocycles. The van der Waals surface area contributed by atoms with E-state index in [4.69, 9.17) is 0 Å². The van der Waals surface area contributed by atoms with Gasteiger partial charge in [-0.05, 0) is 24.3 Å². The van der Waals surface area contributed by atoms with E-state index in [0.717, 1.165) is 23.5 Å². The molecule has 1 saturated carbocycles. The van der Waals surface area contributed by atoms with Gasteiger partial charge in [-0.1, -0.05) is 6.07 Å². The van der Waals surface area contributed by atoms with Crippen LogP contribution in [-0.2, 0) is 11.3 Å². The molecule has 0 N–H and O–H groups in total. The quantitative estimate of drug-likeness (QED) is 0.812. The fourth-order valence-electron chi connectivity index (χ4n) is 1.77. The Balaban J connectivity index is 1.84.